The third-order valence-electron chi connectivity index (χ3n) is 3.59. The van der Waals surface area contributed by atoms with Crippen LogP contribution >= 0.6 is 11.8 Å². The van der Waals surface area contributed by atoms with Gasteiger partial charge in [0.1, 0.15) is 0 Å². The highest BCUT2D eigenvalue weighted by atomic mass is 32.2. The van der Waals surface area contributed by atoms with Crippen LogP contribution in [0.1, 0.15) is 25.5 Å². The van der Waals surface area contributed by atoms with Gasteiger partial charge in [-0.25, -0.2) is 0 Å². The molecule has 0 bridgehead atoms. The van der Waals surface area contributed by atoms with E-state index in [9.17, 15) is 4.79 Å². The van der Waals surface area contributed by atoms with E-state index in [-0.39, 0.29) is 17.7 Å². The van der Waals surface area contributed by atoms with Gasteiger partial charge in [-0.05, 0) is 31.5 Å². The van der Waals surface area contributed by atoms with Crippen LogP contribution in [0.4, 0.5) is 0 Å². The van der Waals surface area contributed by atoms with Gasteiger partial charge < -0.3 is 9.73 Å². The van der Waals surface area contributed by atoms with Crippen LogP contribution in [0.25, 0.3) is 11.6 Å². The Balaban J connectivity index is 1.62. The average Bonchev–Trinajstić information content (AvgIpc) is 3.28. The van der Waals surface area contributed by atoms with Gasteiger partial charge in [0, 0.05) is 12.6 Å². The number of benzene rings is 1. The second-order valence-electron chi connectivity index (χ2n) is 5.80. The number of carbonyl (C=O) groups is 1. The lowest BCUT2D eigenvalue weighted by Gasteiger charge is -2.12. The summed E-state index contributed by atoms with van der Waals surface area (Å²) < 4.78 is 7.41. The number of aromatic nitrogens is 3. The van der Waals surface area contributed by atoms with E-state index in [1.807, 2.05) is 47.0 Å². The molecular formula is C18H20N4O2S. The summed E-state index contributed by atoms with van der Waals surface area (Å²) in [4.78, 5) is 12.1. The normalized spacial score (nSPS) is 11.0. The lowest BCUT2D eigenvalue weighted by atomic mass is 10.2. The molecule has 2 heterocycles. The molecule has 3 rings (SSSR count). The number of nitrogens with one attached hydrogen (secondary N) is 1. The SMILES string of the molecule is CC(C)n1c(SCC(=O)NCc2ccccc2)nnc1-c1ccco1. The van der Waals surface area contributed by atoms with Gasteiger partial charge >= 0.3 is 0 Å². The van der Waals surface area contributed by atoms with Gasteiger partial charge in [-0.1, -0.05) is 42.1 Å². The predicted molar refractivity (Wildman–Crippen MR) is 97.1 cm³/mol. The molecule has 1 amide bonds. The first kappa shape index (κ1) is 17.3. The highest BCUT2D eigenvalue weighted by molar-refractivity contribution is 7.99. The fourth-order valence-electron chi connectivity index (χ4n) is 2.39. The van der Waals surface area contributed by atoms with Crippen molar-refractivity contribution in [2.45, 2.75) is 31.6 Å². The first-order chi connectivity index (χ1) is 12.1. The summed E-state index contributed by atoms with van der Waals surface area (Å²) in [6.45, 7) is 4.62. The monoisotopic (exact) mass is 356 g/mol. The van der Waals surface area contributed by atoms with Crippen molar-refractivity contribution >= 4 is 17.7 Å². The number of hydrogen-bond acceptors (Lipinski definition) is 5. The average molecular weight is 356 g/mol. The summed E-state index contributed by atoms with van der Waals surface area (Å²) in [7, 11) is 0. The molecule has 0 atom stereocenters. The number of nitrogens with zero attached hydrogens (tertiary/aromatic N) is 3. The third-order valence-corrected chi connectivity index (χ3v) is 4.53. The van der Waals surface area contributed by atoms with Gasteiger partial charge in [-0.15, -0.1) is 10.2 Å². The Bertz CT molecular complexity index is 813. The second kappa shape index (κ2) is 8.02. The van der Waals surface area contributed by atoms with E-state index in [1.165, 1.54) is 11.8 Å². The number of carbonyl (C=O) groups excluding carboxylic acids is 1. The van der Waals surface area contributed by atoms with Crippen LogP contribution in [-0.4, -0.2) is 26.4 Å². The number of thioether (sulfide) groups is 1. The van der Waals surface area contributed by atoms with Crippen molar-refractivity contribution in [1.29, 1.82) is 0 Å². The molecule has 0 radical (unpaired) electrons. The van der Waals surface area contributed by atoms with Gasteiger partial charge in [0.15, 0.2) is 10.9 Å². The Hall–Kier alpha value is -2.54. The van der Waals surface area contributed by atoms with Gasteiger partial charge in [-0.3, -0.25) is 9.36 Å². The quantitative estimate of drug-likeness (QED) is 0.656. The van der Waals surface area contributed by atoms with Crippen LogP contribution in [0.15, 0.2) is 58.3 Å². The first-order valence-electron chi connectivity index (χ1n) is 8.07. The van der Waals surface area contributed by atoms with E-state index in [0.717, 1.165) is 5.56 Å². The van der Waals surface area contributed by atoms with Crippen LogP contribution < -0.4 is 5.32 Å². The van der Waals surface area contributed by atoms with Crippen LogP contribution in [0.2, 0.25) is 0 Å². The lowest BCUT2D eigenvalue weighted by Crippen LogP contribution is -2.24. The second-order valence-corrected chi connectivity index (χ2v) is 6.74. The fourth-order valence-corrected chi connectivity index (χ4v) is 3.29. The van der Waals surface area contributed by atoms with Crippen LogP contribution in [-0.2, 0) is 11.3 Å². The number of hydrogen-bond donors (Lipinski definition) is 1. The van der Waals surface area contributed by atoms with Crippen molar-refractivity contribution in [1.82, 2.24) is 20.1 Å². The van der Waals surface area contributed by atoms with Crippen molar-refractivity contribution in [3.63, 3.8) is 0 Å². The summed E-state index contributed by atoms with van der Waals surface area (Å²) in [5.74, 6) is 1.59. The molecule has 2 aromatic heterocycles. The molecular weight excluding hydrogens is 336 g/mol. The molecule has 0 saturated heterocycles. The lowest BCUT2D eigenvalue weighted by molar-refractivity contribution is -0.118. The molecule has 0 saturated carbocycles. The molecule has 0 aliphatic carbocycles. The number of amides is 1. The summed E-state index contributed by atoms with van der Waals surface area (Å²) in [6.07, 6.45) is 1.61. The Kier molecular flexibility index (Phi) is 5.55. The molecule has 3 aromatic rings. The van der Waals surface area contributed by atoms with Crippen LogP contribution in [0.5, 0.6) is 0 Å². The zero-order valence-corrected chi connectivity index (χ0v) is 15.0. The zero-order valence-electron chi connectivity index (χ0n) is 14.2. The molecule has 130 valence electrons. The van der Waals surface area contributed by atoms with Crippen molar-refractivity contribution in [2.24, 2.45) is 0 Å². The molecule has 0 aliphatic heterocycles. The molecule has 1 aromatic carbocycles. The minimum absolute atomic E-state index is 0.0355. The third kappa shape index (κ3) is 4.30. The Labute approximate surface area is 150 Å². The van der Waals surface area contributed by atoms with E-state index in [1.54, 1.807) is 6.26 Å². The molecule has 25 heavy (non-hydrogen) atoms. The topological polar surface area (TPSA) is 73.0 Å². The largest absolute Gasteiger partial charge is 0.461 e. The minimum atomic E-state index is -0.0355. The van der Waals surface area contributed by atoms with E-state index in [4.69, 9.17) is 4.42 Å². The highest BCUT2D eigenvalue weighted by Gasteiger charge is 2.19. The molecule has 0 aliphatic rings. The van der Waals surface area contributed by atoms with Crippen molar-refractivity contribution in [2.75, 3.05) is 5.75 Å². The maximum Gasteiger partial charge on any atom is 0.230 e. The standard InChI is InChI=1S/C18H20N4O2S/c1-13(2)22-17(15-9-6-10-24-15)20-21-18(22)25-12-16(23)19-11-14-7-4-3-5-8-14/h3-10,13H,11-12H2,1-2H3,(H,19,23). The fraction of sp³-hybridized carbons (Fsp3) is 0.278. The van der Waals surface area contributed by atoms with Gasteiger partial charge in [-0.2, -0.15) is 0 Å². The Morgan fingerprint density at radius 2 is 2.00 bits per heavy atom. The van der Waals surface area contributed by atoms with Crippen molar-refractivity contribution < 1.29 is 9.21 Å². The molecule has 6 nitrogen and oxygen atoms in total. The van der Waals surface area contributed by atoms with Crippen LogP contribution in [0.3, 0.4) is 0 Å². The molecule has 0 fully saturated rings. The molecule has 7 heteroatoms. The Morgan fingerprint density at radius 1 is 1.20 bits per heavy atom. The maximum absolute atomic E-state index is 12.1. The van der Waals surface area contributed by atoms with Gasteiger partial charge in [0.05, 0.1) is 12.0 Å². The number of furan rings is 1. The molecule has 0 spiro atoms. The Morgan fingerprint density at radius 3 is 2.68 bits per heavy atom. The van der Waals surface area contributed by atoms with E-state index in [0.29, 0.717) is 23.3 Å². The summed E-state index contributed by atoms with van der Waals surface area (Å²) in [6, 6.07) is 13.7. The van der Waals surface area contributed by atoms with Gasteiger partial charge in [0.2, 0.25) is 11.7 Å². The molecule has 1 N–H and O–H groups in total. The van der Waals surface area contributed by atoms with E-state index in [2.05, 4.69) is 29.4 Å². The van der Waals surface area contributed by atoms with Crippen molar-refractivity contribution in [3.8, 4) is 11.6 Å². The van der Waals surface area contributed by atoms with Gasteiger partial charge in [0.25, 0.3) is 0 Å². The zero-order chi connectivity index (χ0) is 17.6. The summed E-state index contributed by atoms with van der Waals surface area (Å²) in [5.41, 5.74) is 1.08. The minimum Gasteiger partial charge on any atom is -0.461 e. The molecule has 0 unspecified atom stereocenters. The summed E-state index contributed by atoms with van der Waals surface area (Å²) >= 11 is 1.37. The highest BCUT2D eigenvalue weighted by Crippen LogP contribution is 2.27. The van der Waals surface area contributed by atoms with E-state index >= 15 is 0 Å². The van der Waals surface area contributed by atoms with Crippen LogP contribution in [0, 0.1) is 0 Å². The summed E-state index contributed by atoms with van der Waals surface area (Å²) in [5, 5.41) is 12.1. The first-order valence-corrected chi connectivity index (χ1v) is 9.06. The van der Waals surface area contributed by atoms with Crippen molar-refractivity contribution in [3.05, 3.63) is 54.3 Å². The smallest absolute Gasteiger partial charge is 0.230 e. The maximum atomic E-state index is 12.1. The predicted octanol–water partition coefficient (Wildman–Crippen LogP) is 3.53. The number of rotatable bonds is 7. The van der Waals surface area contributed by atoms with E-state index < -0.39 is 0 Å².